The Morgan fingerprint density at radius 2 is 0.967 bits per heavy atom. The minimum Gasteiger partial charge on any atom is -0.331 e. The first-order valence-electron chi connectivity index (χ1n) is 11.3. The van der Waals surface area contributed by atoms with E-state index < -0.39 is 0 Å². The van der Waals surface area contributed by atoms with Gasteiger partial charge in [-0.25, -0.2) is 0 Å². The fraction of sp³-hybridized carbons (Fsp3) is 0.481. The fourth-order valence-corrected chi connectivity index (χ4v) is 4.69. The van der Waals surface area contributed by atoms with Crippen LogP contribution in [0, 0.1) is 0 Å². The van der Waals surface area contributed by atoms with Gasteiger partial charge in [-0.1, -0.05) is 65.8 Å². The van der Waals surface area contributed by atoms with Crippen molar-refractivity contribution >= 4 is 19.2 Å². The molecule has 0 spiro atoms. The number of nitrogens with zero attached hydrogens (tertiary/aromatic N) is 2. The van der Waals surface area contributed by atoms with Crippen LogP contribution in [0.1, 0.15) is 78.4 Å². The van der Waals surface area contributed by atoms with E-state index in [1.807, 2.05) is 0 Å². The maximum Gasteiger partial charge on any atom is 0.130 e. The topological polar surface area (TPSA) is 6.48 Å². The molecule has 3 heteroatoms. The Morgan fingerprint density at radius 3 is 1.27 bits per heavy atom. The Labute approximate surface area is 184 Å². The zero-order valence-electron chi connectivity index (χ0n) is 19.5. The molecule has 2 aromatic carbocycles. The lowest BCUT2D eigenvalue weighted by atomic mass is 9.87. The van der Waals surface area contributed by atoms with Crippen LogP contribution in [0.2, 0.25) is 0 Å². The molecular formula is C27H35BN2. The molecule has 0 saturated heterocycles. The summed E-state index contributed by atoms with van der Waals surface area (Å²) >= 11 is 0. The van der Waals surface area contributed by atoms with Gasteiger partial charge in [0.2, 0.25) is 0 Å². The maximum atomic E-state index is 6.90. The molecule has 0 amide bonds. The smallest absolute Gasteiger partial charge is 0.130 e. The van der Waals surface area contributed by atoms with Crippen molar-refractivity contribution in [1.29, 1.82) is 0 Å². The van der Waals surface area contributed by atoms with Gasteiger partial charge in [0.05, 0.1) is 6.07 Å². The highest BCUT2D eigenvalue weighted by Crippen LogP contribution is 2.43. The molecule has 4 rings (SSSR count). The van der Waals surface area contributed by atoms with Crippen LogP contribution in [0.5, 0.6) is 0 Å². The van der Waals surface area contributed by atoms with Gasteiger partial charge in [-0.3, -0.25) is 0 Å². The summed E-state index contributed by atoms with van der Waals surface area (Å²) in [4.78, 5) is 4.72. The van der Waals surface area contributed by atoms with Crippen molar-refractivity contribution in [3.8, 4) is 0 Å². The summed E-state index contributed by atoms with van der Waals surface area (Å²) in [5, 5.41) is 0. The van der Waals surface area contributed by atoms with Gasteiger partial charge in [-0.15, -0.1) is 0 Å². The molecule has 0 atom stereocenters. The number of benzene rings is 2. The van der Waals surface area contributed by atoms with Crippen molar-refractivity contribution in [2.75, 3.05) is 9.80 Å². The van der Waals surface area contributed by atoms with Gasteiger partial charge in [0, 0.05) is 22.8 Å². The second-order valence-corrected chi connectivity index (χ2v) is 10.8. The van der Waals surface area contributed by atoms with Crippen LogP contribution in [-0.4, -0.2) is 13.9 Å². The Kier molecular flexibility index (Phi) is 5.28. The molecule has 2 aliphatic rings. The molecule has 2 radical (unpaired) electrons. The molecule has 0 fully saturated rings. The molecule has 1 aliphatic carbocycles. The SMILES string of the molecule is [B]C1N(c2ccc(C(C)(C)C)cc2)C2=C(CCCC2)N1c1ccc(C(C)(C)C)cc1. The van der Waals surface area contributed by atoms with Crippen molar-refractivity contribution in [2.24, 2.45) is 0 Å². The maximum absolute atomic E-state index is 6.90. The standard InChI is InChI=1S/C27H35BN2/c1-26(2,3)19-11-15-21(16-12-19)29-23-9-7-8-10-24(23)30(25(29)28)22-17-13-20(14-18-22)27(4,5)6/h11-18,25H,7-10H2,1-6H3. The number of hydrogen-bond donors (Lipinski definition) is 0. The van der Waals surface area contributed by atoms with E-state index in [1.54, 1.807) is 0 Å². The summed E-state index contributed by atoms with van der Waals surface area (Å²) in [6.07, 6.45) is 4.67. The minimum atomic E-state index is -0.200. The fourth-order valence-electron chi connectivity index (χ4n) is 4.69. The molecule has 0 unspecified atom stereocenters. The Balaban J connectivity index is 1.70. The molecule has 30 heavy (non-hydrogen) atoms. The van der Waals surface area contributed by atoms with Gasteiger partial charge >= 0.3 is 0 Å². The summed E-state index contributed by atoms with van der Waals surface area (Å²) < 4.78 is 0. The summed E-state index contributed by atoms with van der Waals surface area (Å²) in [7, 11) is 6.90. The largest absolute Gasteiger partial charge is 0.331 e. The lowest BCUT2D eigenvalue weighted by molar-refractivity contribution is 0.590. The number of anilines is 2. The summed E-state index contributed by atoms with van der Waals surface area (Å²) in [6.45, 7) is 13.5. The molecule has 0 aromatic heterocycles. The lowest BCUT2D eigenvalue weighted by Gasteiger charge is -2.33. The molecule has 0 N–H and O–H groups in total. The molecule has 2 aromatic rings. The Morgan fingerprint density at radius 1 is 0.633 bits per heavy atom. The van der Waals surface area contributed by atoms with E-state index >= 15 is 0 Å². The van der Waals surface area contributed by atoms with Gasteiger partial charge in [-0.2, -0.15) is 0 Å². The summed E-state index contributed by atoms with van der Waals surface area (Å²) in [5.74, 6) is 0. The highest BCUT2D eigenvalue weighted by atomic mass is 15.4. The van der Waals surface area contributed by atoms with E-state index in [9.17, 15) is 0 Å². The van der Waals surface area contributed by atoms with Crippen molar-refractivity contribution < 1.29 is 0 Å². The molecular weight excluding hydrogens is 363 g/mol. The van der Waals surface area contributed by atoms with E-state index in [2.05, 4.69) is 99.9 Å². The molecule has 156 valence electrons. The predicted molar refractivity (Wildman–Crippen MR) is 130 cm³/mol. The first-order chi connectivity index (χ1) is 14.1. The lowest BCUT2D eigenvalue weighted by Crippen LogP contribution is -2.41. The summed E-state index contributed by atoms with van der Waals surface area (Å²) in [6, 6.07) is 17.8. The van der Waals surface area contributed by atoms with Gasteiger partial charge in [0.15, 0.2) is 0 Å². The van der Waals surface area contributed by atoms with Crippen molar-refractivity contribution in [3.05, 3.63) is 71.1 Å². The molecule has 1 heterocycles. The van der Waals surface area contributed by atoms with E-state index in [0.29, 0.717) is 0 Å². The van der Waals surface area contributed by atoms with Crippen LogP contribution < -0.4 is 9.80 Å². The first-order valence-corrected chi connectivity index (χ1v) is 11.3. The number of rotatable bonds is 2. The quantitative estimate of drug-likeness (QED) is 0.511. The predicted octanol–water partition coefficient (Wildman–Crippen LogP) is 6.85. The number of hydrogen-bond acceptors (Lipinski definition) is 2. The Hall–Kier alpha value is -2.16. The molecule has 2 nitrogen and oxygen atoms in total. The van der Waals surface area contributed by atoms with Crippen LogP contribution in [-0.2, 0) is 10.8 Å². The number of allylic oxidation sites excluding steroid dienone is 2. The van der Waals surface area contributed by atoms with Gasteiger partial charge in [0.1, 0.15) is 7.85 Å². The second-order valence-electron chi connectivity index (χ2n) is 10.8. The third-order valence-corrected chi connectivity index (χ3v) is 6.54. The zero-order chi connectivity index (χ0) is 21.7. The van der Waals surface area contributed by atoms with E-state index in [1.165, 1.54) is 46.7 Å². The van der Waals surface area contributed by atoms with E-state index in [4.69, 9.17) is 7.85 Å². The zero-order valence-corrected chi connectivity index (χ0v) is 19.5. The van der Waals surface area contributed by atoms with Crippen molar-refractivity contribution in [1.82, 2.24) is 0 Å². The molecule has 0 bridgehead atoms. The average Bonchev–Trinajstić information content (AvgIpc) is 2.98. The van der Waals surface area contributed by atoms with E-state index in [0.717, 1.165) is 12.8 Å². The average molecular weight is 398 g/mol. The normalized spacial score (nSPS) is 18.2. The van der Waals surface area contributed by atoms with Crippen molar-refractivity contribution in [3.63, 3.8) is 0 Å². The van der Waals surface area contributed by atoms with Crippen LogP contribution in [0.3, 0.4) is 0 Å². The first kappa shape index (κ1) is 21.1. The van der Waals surface area contributed by atoms with Gasteiger partial charge < -0.3 is 9.80 Å². The third kappa shape index (κ3) is 3.79. The van der Waals surface area contributed by atoms with Crippen molar-refractivity contribution in [2.45, 2.75) is 84.1 Å². The van der Waals surface area contributed by atoms with Gasteiger partial charge in [0.25, 0.3) is 0 Å². The molecule has 0 saturated carbocycles. The van der Waals surface area contributed by atoms with Crippen LogP contribution in [0.4, 0.5) is 11.4 Å². The van der Waals surface area contributed by atoms with Crippen LogP contribution in [0.15, 0.2) is 59.9 Å². The van der Waals surface area contributed by atoms with E-state index in [-0.39, 0.29) is 16.9 Å². The second kappa shape index (κ2) is 7.52. The Bertz CT molecular complexity index is 849. The monoisotopic (exact) mass is 398 g/mol. The highest BCUT2D eigenvalue weighted by molar-refractivity contribution is 6.16. The molecule has 1 aliphatic heterocycles. The third-order valence-electron chi connectivity index (χ3n) is 6.54. The minimum absolute atomic E-state index is 0.155. The van der Waals surface area contributed by atoms with Crippen LogP contribution in [0.25, 0.3) is 0 Å². The highest BCUT2D eigenvalue weighted by Gasteiger charge is 2.37. The summed E-state index contributed by atoms with van der Waals surface area (Å²) in [5.41, 5.74) is 8.20. The van der Waals surface area contributed by atoms with Crippen LogP contribution >= 0.6 is 0 Å². The van der Waals surface area contributed by atoms with Gasteiger partial charge in [-0.05, 0) is 71.9 Å².